The molecule has 0 spiro atoms. The maximum absolute atomic E-state index is 12.6. The van der Waals surface area contributed by atoms with E-state index in [1.807, 2.05) is 22.9 Å². The minimum absolute atomic E-state index is 0. The quantitative estimate of drug-likeness (QED) is 0.807. The third-order valence-electron chi connectivity index (χ3n) is 5.02. The second-order valence-corrected chi connectivity index (χ2v) is 6.73. The molecule has 1 aromatic carbocycles. The summed E-state index contributed by atoms with van der Waals surface area (Å²) in [5, 5.41) is 14.6. The Labute approximate surface area is 171 Å². The molecule has 0 saturated carbocycles. The average molecular weight is 413 g/mol. The van der Waals surface area contributed by atoms with E-state index in [2.05, 4.69) is 31.9 Å². The Morgan fingerprint density at radius 1 is 1.11 bits per heavy atom. The Bertz CT molecular complexity index is 741. The lowest BCUT2D eigenvalue weighted by atomic mass is 10.1. The van der Waals surface area contributed by atoms with Gasteiger partial charge >= 0.3 is 0 Å². The Balaban J connectivity index is 0.00000131. The van der Waals surface area contributed by atoms with Gasteiger partial charge in [-0.05, 0) is 50.9 Å². The largest absolute Gasteiger partial charge is 0.370 e. The van der Waals surface area contributed by atoms with Crippen molar-refractivity contribution in [2.24, 2.45) is 0 Å². The first-order chi connectivity index (χ1) is 12.3. The summed E-state index contributed by atoms with van der Waals surface area (Å²) < 4.78 is 1.84. The second kappa shape index (κ2) is 9.92. The predicted molar refractivity (Wildman–Crippen MR) is 112 cm³/mol. The van der Waals surface area contributed by atoms with Gasteiger partial charge in [0.2, 0.25) is 0 Å². The molecule has 2 aromatic rings. The molecule has 3 heterocycles. The normalized spacial score (nSPS) is 17.1. The number of benzene rings is 1. The van der Waals surface area contributed by atoms with Gasteiger partial charge in [-0.15, -0.1) is 29.9 Å². The van der Waals surface area contributed by atoms with Gasteiger partial charge in [-0.1, -0.05) is 17.3 Å². The third-order valence-corrected chi connectivity index (χ3v) is 5.02. The van der Waals surface area contributed by atoms with Crippen LogP contribution in [0.1, 0.15) is 42.2 Å². The fourth-order valence-electron chi connectivity index (χ4n) is 3.63. The summed E-state index contributed by atoms with van der Waals surface area (Å²) in [7, 11) is 0. The lowest BCUT2D eigenvalue weighted by molar-refractivity contribution is 0.102. The van der Waals surface area contributed by atoms with Crippen LogP contribution < -0.4 is 15.5 Å². The molecule has 9 heteroatoms. The third kappa shape index (κ3) is 4.91. The molecule has 0 aliphatic carbocycles. The van der Waals surface area contributed by atoms with Crippen molar-refractivity contribution in [1.29, 1.82) is 0 Å². The van der Waals surface area contributed by atoms with E-state index >= 15 is 0 Å². The number of halogens is 2. The van der Waals surface area contributed by atoms with Crippen LogP contribution in [0.2, 0.25) is 0 Å². The number of carbonyl (C=O) groups excluding carboxylic acids is 1. The standard InChI is InChI=1S/C18H24N6O.2ClH/c25-18(16-13-24(22-21-16)14-7-9-19-10-8-14)20-15-5-1-2-6-17(15)23-11-3-4-12-23;;/h1-2,5-6,13-14,19H,3-4,7-12H2,(H,20,25);2*1H. The van der Waals surface area contributed by atoms with Crippen molar-refractivity contribution in [3.63, 3.8) is 0 Å². The lowest BCUT2D eigenvalue weighted by Crippen LogP contribution is -2.29. The van der Waals surface area contributed by atoms with Gasteiger partial charge in [-0.2, -0.15) is 0 Å². The van der Waals surface area contributed by atoms with Gasteiger partial charge in [0.15, 0.2) is 5.69 Å². The van der Waals surface area contributed by atoms with E-state index in [0.717, 1.165) is 50.4 Å². The van der Waals surface area contributed by atoms with Gasteiger partial charge in [-0.3, -0.25) is 4.79 Å². The highest BCUT2D eigenvalue weighted by Crippen LogP contribution is 2.29. The number of hydrogen-bond donors (Lipinski definition) is 2. The minimum atomic E-state index is -0.202. The maximum Gasteiger partial charge on any atom is 0.277 e. The van der Waals surface area contributed by atoms with Crippen molar-refractivity contribution in [2.75, 3.05) is 36.4 Å². The average Bonchev–Trinajstić information content (AvgIpc) is 3.35. The van der Waals surface area contributed by atoms with Gasteiger partial charge in [-0.25, -0.2) is 4.68 Å². The number of amides is 1. The smallest absolute Gasteiger partial charge is 0.277 e. The van der Waals surface area contributed by atoms with E-state index in [1.165, 1.54) is 12.8 Å². The van der Waals surface area contributed by atoms with Crippen molar-refractivity contribution in [3.05, 3.63) is 36.2 Å². The van der Waals surface area contributed by atoms with Crippen LogP contribution >= 0.6 is 24.8 Å². The number of piperidine rings is 1. The van der Waals surface area contributed by atoms with Crippen molar-refractivity contribution >= 4 is 42.1 Å². The monoisotopic (exact) mass is 412 g/mol. The Morgan fingerprint density at radius 3 is 2.56 bits per heavy atom. The lowest BCUT2D eigenvalue weighted by Gasteiger charge is -2.22. The Morgan fingerprint density at radius 2 is 1.81 bits per heavy atom. The van der Waals surface area contributed by atoms with Gasteiger partial charge in [0.05, 0.1) is 23.6 Å². The predicted octanol–water partition coefficient (Wildman–Crippen LogP) is 2.90. The fourth-order valence-corrected chi connectivity index (χ4v) is 3.63. The van der Waals surface area contributed by atoms with Gasteiger partial charge < -0.3 is 15.5 Å². The molecule has 1 amide bonds. The van der Waals surface area contributed by atoms with Crippen molar-refractivity contribution in [1.82, 2.24) is 20.3 Å². The molecule has 2 saturated heterocycles. The molecule has 27 heavy (non-hydrogen) atoms. The molecule has 2 N–H and O–H groups in total. The van der Waals surface area contributed by atoms with E-state index in [1.54, 1.807) is 6.20 Å². The van der Waals surface area contributed by atoms with Crippen LogP contribution in [0.15, 0.2) is 30.5 Å². The van der Waals surface area contributed by atoms with Gasteiger partial charge in [0.25, 0.3) is 5.91 Å². The van der Waals surface area contributed by atoms with E-state index in [9.17, 15) is 4.79 Å². The summed E-state index contributed by atoms with van der Waals surface area (Å²) in [5.41, 5.74) is 2.29. The first-order valence-corrected chi connectivity index (χ1v) is 9.09. The van der Waals surface area contributed by atoms with E-state index < -0.39 is 0 Å². The number of nitrogens with zero attached hydrogens (tertiary/aromatic N) is 4. The second-order valence-electron chi connectivity index (χ2n) is 6.73. The molecule has 2 aliphatic rings. The zero-order valence-electron chi connectivity index (χ0n) is 15.1. The highest BCUT2D eigenvalue weighted by molar-refractivity contribution is 6.04. The van der Waals surface area contributed by atoms with Gasteiger partial charge in [0, 0.05) is 13.1 Å². The molecule has 0 radical (unpaired) electrons. The molecule has 4 rings (SSSR count). The molecular formula is C18H26Cl2N6O. The molecule has 1 aromatic heterocycles. The first kappa shape index (κ1) is 21.5. The molecule has 2 fully saturated rings. The number of anilines is 2. The Hall–Kier alpha value is -1.83. The van der Waals surface area contributed by atoms with Crippen molar-refractivity contribution in [2.45, 2.75) is 31.7 Å². The zero-order valence-corrected chi connectivity index (χ0v) is 16.8. The van der Waals surface area contributed by atoms with E-state index in [-0.39, 0.29) is 30.7 Å². The maximum atomic E-state index is 12.6. The molecule has 0 unspecified atom stereocenters. The summed E-state index contributed by atoms with van der Waals surface area (Å²) in [5.74, 6) is -0.202. The van der Waals surface area contributed by atoms with Crippen molar-refractivity contribution in [3.8, 4) is 0 Å². The topological polar surface area (TPSA) is 75.1 Å². The van der Waals surface area contributed by atoms with Crippen LogP contribution in [0, 0.1) is 0 Å². The molecule has 2 aliphatic heterocycles. The van der Waals surface area contributed by atoms with Gasteiger partial charge in [0.1, 0.15) is 0 Å². The van der Waals surface area contributed by atoms with E-state index in [0.29, 0.717) is 11.7 Å². The van der Waals surface area contributed by atoms with Crippen LogP contribution in [-0.2, 0) is 0 Å². The van der Waals surface area contributed by atoms with Crippen LogP contribution in [-0.4, -0.2) is 47.1 Å². The van der Waals surface area contributed by atoms with Crippen LogP contribution in [0.25, 0.3) is 0 Å². The van der Waals surface area contributed by atoms with Crippen LogP contribution in [0.3, 0.4) is 0 Å². The summed E-state index contributed by atoms with van der Waals surface area (Å²) in [6.45, 7) is 4.04. The number of hydrogen-bond acceptors (Lipinski definition) is 5. The fraction of sp³-hybridized carbons (Fsp3) is 0.500. The van der Waals surface area contributed by atoms with Crippen LogP contribution in [0.4, 0.5) is 11.4 Å². The first-order valence-electron chi connectivity index (χ1n) is 9.09. The highest BCUT2D eigenvalue weighted by Gasteiger charge is 2.20. The zero-order chi connectivity index (χ0) is 17.1. The summed E-state index contributed by atoms with van der Waals surface area (Å²) in [4.78, 5) is 14.9. The summed E-state index contributed by atoms with van der Waals surface area (Å²) in [6.07, 6.45) is 6.20. The van der Waals surface area contributed by atoms with E-state index in [4.69, 9.17) is 0 Å². The number of rotatable bonds is 4. The number of para-hydroxylation sites is 2. The van der Waals surface area contributed by atoms with Crippen molar-refractivity contribution < 1.29 is 4.79 Å². The Kier molecular flexibility index (Phi) is 7.89. The SMILES string of the molecule is Cl.Cl.O=C(Nc1ccccc1N1CCCC1)c1cn(C2CCNCC2)nn1. The molecule has 0 atom stereocenters. The summed E-state index contributed by atoms with van der Waals surface area (Å²) in [6, 6.07) is 8.29. The van der Waals surface area contributed by atoms with Crippen LogP contribution in [0.5, 0.6) is 0 Å². The molecule has 7 nitrogen and oxygen atoms in total. The number of aromatic nitrogens is 3. The minimum Gasteiger partial charge on any atom is -0.370 e. The molecule has 148 valence electrons. The molecule has 0 bridgehead atoms. The highest BCUT2D eigenvalue weighted by atomic mass is 35.5. The number of nitrogens with one attached hydrogen (secondary N) is 2. The molecular weight excluding hydrogens is 387 g/mol. The number of carbonyl (C=O) groups is 1. The summed E-state index contributed by atoms with van der Waals surface area (Å²) >= 11 is 0.